The minimum Gasteiger partial charge on any atom is -0.494 e. The van der Waals surface area contributed by atoms with E-state index in [0.29, 0.717) is 0 Å². The zero-order valence-electron chi connectivity index (χ0n) is 10.8. The number of benzene rings is 1. The molecule has 0 fully saturated rings. The number of aromatic nitrogens is 2. The van der Waals surface area contributed by atoms with Crippen LogP contribution in [-0.4, -0.2) is 27.2 Å². The van der Waals surface area contributed by atoms with Crippen LogP contribution in [0.5, 0.6) is 5.88 Å². The molecule has 0 saturated carbocycles. The number of carbonyl (C=O) groups is 1. The molecule has 0 aliphatic heterocycles. The summed E-state index contributed by atoms with van der Waals surface area (Å²) in [5.41, 5.74) is 2.40. The van der Waals surface area contributed by atoms with Gasteiger partial charge in [-0.1, -0.05) is 30.3 Å². The summed E-state index contributed by atoms with van der Waals surface area (Å²) in [6, 6.07) is 9.15. The number of amides is 1. The number of nitrogens with one attached hydrogen (secondary N) is 3. The fraction of sp³-hybridized carbons (Fsp3) is 0.0769. The number of hydrogen-bond donors (Lipinski definition) is 4. The van der Waals surface area contributed by atoms with Crippen LogP contribution in [0.15, 0.2) is 40.2 Å². The second-order valence-corrected chi connectivity index (χ2v) is 4.53. The first-order chi connectivity index (χ1) is 10.1. The fourth-order valence-electron chi connectivity index (χ4n) is 1.59. The minimum atomic E-state index is -0.600. The van der Waals surface area contributed by atoms with Crippen LogP contribution in [0.2, 0.25) is 0 Å². The molecule has 21 heavy (non-hydrogen) atoms. The SMILES string of the molecule is O=C(Cc1ccccc1)NN=Cc1c(O)[nH]c(=S)[nH]c1=O. The van der Waals surface area contributed by atoms with Crippen molar-refractivity contribution in [3.63, 3.8) is 0 Å². The van der Waals surface area contributed by atoms with Crippen molar-refractivity contribution in [1.82, 2.24) is 15.4 Å². The van der Waals surface area contributed by atoms with E-state index in [-0.39, 0.29) is 22.7 Å². The summed E-state index contributed by atoms with van der Waals surface area (Å²) in [6.07, 6.45) is 1.21. The van der Waals surface area contributed by atoms with Crippen LogP contribution in [0.3, 0.4) is 0 Å². The van der Waals surface area contributed by atoms with Gasteiger partial charge in [-0.3, -0.25) is 14.6 Å². The summed E-state index contributed by atoms with van der Waals surface area (Å²) >= 11 is 4.69. The van der Waals surface area contributed by atoms with Gasteiger partial charge < -0.3 is 10.1 Å². The number of nitrogens with zero attached hydrogens (tertiary/aromatic N) is 1. The average Bonchev–Trinajstić information content (AvgIpc) is 2.42. The van der Waals surface area contributed by atoms with E-state index < -0.39 is 11.4 Å². The summed E-state index contributed by atoms with van der Waals surface area (Å²) in [5, 5.41) is 13.2. The van der Waals surface area contributed by atoms with E-state index in [2.05, 4.69) is 32.7 Å². The molecule has 0 bridgehead atoms. The lowest BCUT2D eigenvalue weighted by atomic mass is 10.1. The highest BCUT2D eigenvalue weighted by Crippen LogP contribution is 2.03. The largest absolute Gasteiger partial charge is 0.494 e. The van der Waals surface area contributed by atoms with E-state index in [9.17, 15) is 14.7 Å². The number of carbonyl (C=O) groups excluding carboxylic acids is 1. The molecule has 1 amide bonds. The van der Waals surface area contributed by atoms with Gasteiger partial charge in [-0.25, -0.2) is 5.43 Å². The summed E-state index contributed by atoms with van der Waals surface area (Å²) in [5.74, 6) is -0.748. The van der Waals surface area contributed by atoms with Gasteiger partial charge in [0.05, 0.1) is 12.6 Å². The van der Waals surface area contributed by atoms with Crippen molar-refractivity contribution < 1.29 is 9.90 Å². The van der Waals surface area contributed by atoms with E-state index >= 15 is 0 Å². The number of hydrogen-bond acceptors (Lipinski definition) is 5. The maximum Gasteiger partial charge on any atom is 0.264 e. The van der Waals surface area contributed by atoms with Gasteiger partial charge in [-0.2, -0.15) is 5.10 Å². The maximum atomic E-state index is 11.6. The molecule has 1 aromatic carbocycles. The van der Waals surface area contributed by atoms with Gasteiger partial charge in [0, 0.05) is 0 Å². The Bertz CT molecular complexity index is 780. The van der Waals surface area contributed by atoms with E-state index in [1.54, 1.807) is 0 Å². The molecule has 1 aromatic heterocycles. The highest BCUT2D eigenvalue weighted by Gasteiger charge is 2.05. The van der Waals surface area contributed by atoms with E-state index in [1.807, 2.05) is 30.3 Å². The minimum absolute atomic E-state index is 0.00256. The van der Waals surface area contributed by atoms with Crippen LogP contribution < -0.4 is 11.0 Å². The Hall–Kier alpha value is -2.74. The Morgan fingerprint density at radius 2 is 2.05 bits per heavy atom. The Kier molecular flexibility index (Phi) is 4.62. The third kappa shape index (κ3) is 4.11. The molecule has 2 aromatic rings. The molecule has 0 unspecified atom stereocenters. The zero-order valence-corrected chi connectivity index (χ0v) is 11.6. The molecule has 7 nitrogen and oxygen atoms in total. The smallest absolute Gasteiger partial charge is 0.264 e. The van der Waals surface area contributed by atoms with Gasteiger partial charge in [0.1, 0.15) is 5.56 Å². The average molecular weight is 304 g/mol. The maximum absolute atomic E-state index is 11.6. The van der Waals surface area contributed by atoms with Crippen LogP contribution in [-0.2, 0) is 11.2 Å². The summed E-state index contributed by atoms with van der Waals surface area (Å²) < 4.78 is 0.00256. The third-order valence-corrected chi connectivity index (χ3v) is 2.75. The summed E-state index contributed by atoms with van der Waals surface area (Å²) in [7, 11) is 0. The molecule has 8 heteroatoms. The Morgan fingerprint density at radius 1 is 1.33 bits per heavy atom. The standard InChI is InChI=1S/C13H12N4O3S/c18-10(6-8-4-2-1-3-5-8)17-14-7-9-11(19)15-13(21)16-12(9)20/h1-5,7H,6H2,(H,17,18)(H3,15,16,19,20,21). The molecule has 2 rings (SSSR count). The molecule has 0 saturated heterocycles. The van der Waals surface area contributed by atoms with Gasteiger partial charge in [0.15, 0.2) is 4.77 Å². The molecular weight excluding hydrogens is 292 g/mol. The number of aromatic hydroxyl groups is 1. The second kappa shape index (κ2) is 6.62. The molecule has 0 atom stereocenters. The van der Waals surface area contributed by atoms with Crippen molar-refractivity contribution in [1.29, 1.82) is 0 Å². The summed E-state index contributed by atoms with van der Waals surface area (Å²) in [6.45, 7) is 0. The molecule has 0 aliphatic rings. The van der Waals surface area contributed by atoms with Crippen LogP contribution >= 0.6 is 12.2 Å². The highest BCUT2D eigenvalue weighted by atomic mass is 32.1. The van der Waals surface area contributed by atoms with Gasteiger partial charge in [0.25, 0.3) is 5.56 Å². The Morgan fingerprint density at radius 3 is 2.71 bits per heavy atom. The van der Waals surface area contributed by atoms with Crippen LogP contribution in [0.1, 0.15) is 11.1 Å². The first kappa shape index (κ1) is 14.7. The number of aromatic amines is 2. The van der Waals surface area contributed by atoms with Gasteiger partial charge in [-0.15, -0.1) is 0 Å². The lowest BCUT2D eigenvalue weighted by Gasteiger charge is -2.00. The predicted octanol–water partition coefficient (Wildman–Crippen LogP) is 0.831. The van der Waals surface area contributed by atoms with Crippen molar-refractivity contribution in [3.05, 3.63) is 56.6 Å². The first-order valence-electron chi connectivity index (χ1n) is 5.97. The van der Waals surface area contributed by atoms with Crippen molar-refractivity contribution in [2.75, 3.05) is 0 Å². The molecule has 0 radical (unpaired) electrons. The third-order valence-electron chi connectivity index (χ3n) is 2.55. The van der Waals surface area contributed by atoms with Crippen LogP contribution in [0, 0.1) is 4.77 Å². The lowest BCUT2D eigenvalue weighted by Crippen LogP contribution is -2.21. The molecule has 1 heterocycles. The quantitative estimate of drug-likeness (QED) is 0.381. The molecule has 108 valence electrons. The molecule has 0 spiro atoms. The van der Waals surface area contributed by atoms with Crippen molar-refractivity contribution in [3.8, 4) is 5.88 Å². The number of H-pyrrole nitrogens is 2. The number of hydrazone groups is 1. The van der Waals surface area contributed by atoms with Gasteiger partial charge >= 0.3 is 0 Å². The van der Waals surface area contributed by atoms with Gasteiger partial charge in [0.2, 0.25) is 11.8 Å². The monoisotopic (exact) mass is 304 g/mol. The molecule has 0 aliphatic carbocycles. The van der Waals surface area contributed by atoms with Crippen molar-refractivity contribution in [2.24, 2.45) is 5.10 Å². The first-order valence-corrected chi connectivity index (χ1v) is 6.38. The normalized spacial score (nSPS) is 10.7. The molecular formula is C13H12N4O3S. The predicted molar refractivity (Wildman–Crippen MR) is 79.8 cm³/mol. The molecule has 4 N–H and O–H groups in total. The van der Waals surface area contributed by atoms with Gasteiger partial charge in [-0.05, 0) is 17.8 Å². The van der Waals surface area contributed by atoms with Crippen molar-refractivity contribution >= 4 is 24.3 Å². The highest BCUT2D eigenvalue weighted by molar-refractivity contribution is 7.71. The number of rotatable bonds is 4. The van der Waals surface area contributed by atoms with Crippen molar-refractivity contribution in [2.45, 2.75) is 6.42 Å². The fourth-order valence-corrected chi connectivity index (χ4v) is 1.78. The summed E-state index contributed by atoms with van der Waals surface area (Å²) in [4.78, 5) is 27.8. The van der Waals surface area contributed by atoms with Crippen LogP contribution in [0.4, 0.5) is 0 Å². The Balaban J connectivity index is 2.01. The van der Waals surface area contributed by atoms with Crippen LogP contribution in [0.25, 0.3) is 0 Å². The second-order valence-electron chi connectivity index (χ2n) is 4.13. The van der Waals surface area contributed by atoms with E-state index in [0.717, 1.165) is 11.8 Å². The van der Waals surface area contributed by atoms with E-state index in [4.69, 9.17) is 0 Å². The zero-order chi connectivity index (χ0) is 15.2. The van der Waals surface area contributed by atoms with E-state index in [1.165, 1.54) is 0 Å². The topological polar surface area (TPSA) is 110 Å². The lowest BCUT2D eigenvalue weighted by molar-refractivity contribution is -0.120. The Labute approximate surface area is 124 Å².